The Morgan fingerprint density at radius 3 is 2.61 bits per heavy atom. The van der Waals surface area contributed by atoms with Gasteiger partial charge in [0.1, 0.15) is 6.26 Å². The summed E-state index contributed by atoms with van der Waals surface area (Å²) in [5.41, 5.74) is 1.67. The predicted octanol–water partition coefficient (Wildman–Crippen LogP) is 4.22. The molecule has 1 heterocycles. The van der Waals surface area contributed by atoms with Gasteiger partial charge in [-0.25, -0.2) is 13.4 Å². The lowest BCUT2D eigenvalue weighted by atomic mass is 10.2. The zero-order chi connectivity index (χ0) is 19.7. The van der Waals surface area contributed by atoms with Gasteiger partial charge in [0, 0.05) is 16.6 Å². The molecule has 1 aromatic heterocycles. The summed E-state index contributed by atoms with van der Waals surface area (Å²) in [6.07, 6.45) is 3.10. The monoisotopic (exact) mass is 413 g/mol. The Morgan fingerprint density at radius 2 is 1.96 bits per heavy atom. The summed E-state index contributed by atoms with van der Waals surface area (Å²) in [6.45, 7) is 0.122. The van der Waals surface area contributed by atoms with Gasteiger partial charge in [-0.3, -0.25) is 0 Å². The molecular weight excluding hydrogens is 398 g/mol. The number of hydrogen-bond acceptors (Lipinski definition) is 5. The van der Waals surface area contributed by atoms with Gasteiger partial charge in [-0.05, 0) is 55.3 Å². The third-order valence-electron chi connectivity index (χ3n) is 4.49. The first-order valence-corrected chi connectivity index (χ1v) is 10.5. The van der Waals surface area contributed by atoms with E-state index in [0.29, 0.717) is 22.2 Å². The first-order chi connectivity index (χ1) is 13.5. The average Bonchev–Trinajstić information content (AvgIpc) is 3.43. The Morgan fingerprint density at radius 1 is 1.21 bits per heavy atom. The van der Waals surface area contributed by atoms with E-state index in [9.17, 15) is 8.42 Å². The van der Waals surface area contributed by atoms with Crippen molar-refractivity contribution in [2.45, 2.75) is 30.3 Å². The van der Waals surface area contributed by atoms with Gasteiger partial charge in [-0.15, -0.1) is 0 Å². The number of hydrogen-bond donors (Lipinski definition) is 0. The molecule has 1 fully saturated rings. The van der Waals surface area contributed by atoms with Crippen LogP contribution in [0.1, 0.15) is 24.1 Å². The topological polar surface area (TPSA) is 87.2 Å². The summed E-state index contributed by atoms with van der Waals surface area (Å²) >= 11 is 6.01. The van der Waals surface area contributed by atoms with Crippen molar-refractivity contribution >= 4 is 21.6 Å². The maximum Gasteiger partial charge on any atom is 0.243 e. The van der Waals surface area contributed by atoms with Crippen LogP contribution in [0.25, 0.3) is 11.5 Å². The van der Waals surface area contributed by atoms with Gasteiger partial charge in [0.15, 0.2) is 0 Å². The highest BCUT2D eigenvalue weighted by atomic mass is 35.5. The maximum absolute atomic E-state index is 13.1. The fourth-order valence-electron chi connectivity index (χ4n) is 2.90. The zero-order valence-corrected chi connectivity index (χ0v) is 16.3. The molecule has 1 aliphatic carbocycles. The first-order valence-electron chi connectivity index (χ1n) is 8.70. The van der Waals surface area contributed by atoms with E-state index < -0.39 is 10.0 Å². The fraction of sp³-hybridized carbons (Fsp3) is 0.200. The Bertz CT molecular complexity index is 1150. The van der Waals surface area contributed by atoms with Gasteiger partial charge in [0.2, 0.25) is 15.9 Å². The second-order valence-electron chi connectivity index (χ2n) is 6.57. The standard InChI is InChI=1S/C20H16ClN3O3S/c21-16-3-1-2-15(10-16)20-23-17(13-27-20)12-24(18-6-7-18)28(25,26)19-8-4-14(11-22)5-9-19/h1-5,8-10,13,18H,6-7,12H2. The molecule has 0 radical (unpaired) electrons. The number of halogens is 1. The molecule has 0 spiro atoms. The van der Waals surface area contributed by atoms with Crippen LogP contribution in [-0.2, 0) is 16.6 Å². The molecular formula is C20H16ClN3O3S. The van der Waals surface area contributed by atoms with Crippen molar-refractivity contribution in [3.05, 3.63) is 71.1 Å². The third kappa shape index (κ3) is 3.80. The molecule has 0 unspecified atom stereocenters. The van der Waals surface area contributed by atoms with Crippen molar-refractivity contribution in [2.24, 2.45) is 0 Å². The number of rotatable bonds is 6. The lowest BCUT2D eigenvalue weighted by Crippen LogP contribution is -2.32. The minimum atomic E-state index is -3.70. The molecule has 0 saturated heterocycles. The minimum Gasteiger partial charge on any atom is -0.444 e. The molecule has 0 bridgehead atoms. The minimum absolute atomic E-state index is 0.0491. The third-order valence-corrected chi connectivity index (χ3v) is 6.63. The van der Waals surface area contributed by atoms with Crippen molar-refractivity contribution in [2.75, 3.05) is 0 Å². The van der Waals surface area contributed by atoms with E-state index in [0.717, 1.165) is 18.4 Å². The lowest BCUT2D eigenvalue weighted by molar-refractivity contribution is 0.394. The van der Waals surface area contributed by atoms with Crippen LogP contribution in [0.2, 0.25) is 5.02 Å². The van der Waals surface area contributed by atoms with Crippen molar-refractivity contribution in [1.29, 1.82) is 5.26 Å². The van der Waals surface area contributed by atoms with Crippen LogP contribution in [0.3, 0.4) is 0 Å². The van der Waals surface area contributed by atoms with Crippen LogP contribution in [0.5, 0.6) is 0 Å². The number of aromatic nitrogens is 1. The Labute approximate surface area is 168 Å². The quantitative estimate of drug-likeness (QED) is 0.603. The highest BCUT2D eigenvalue weighted by Crippen LogP contribution is 2.34. The summed E-state index contributed by atoms with van der Waals surface area (Å²) in [7, 11) is -3.70. The molecule has 1 saturated carbocycles. The molecule has 0 aliphatic heterocycles. The van der Waals surface area contributed by atoms with E-state index in [1.165, 1.54) is 34.8 Å². The molecule has 142 valence electrons. The number of nitriles is 1. The smallest absolute Gasteiger partial charge is 0.243 e. The average molecular weight is 414 g/mol. The van der Waals surface area contributed by atoms with Gasteiger partial charge in [-0.2, -0.15) is 9.57 Å². The first kappa shape index (κ1) is 18.7. The van der Waals surface area contributed by atoms with Crippen LogP contribution in [0, 0.1) is 11.3 Å². The van der Waals surface area contributed by atoms with E-state index >= 15 is 0 Å². The van der Waals surface area contributed by atoms with E-state index in [1.807, 2.05) is 12.1 Å². The number of benzene rings is 2. The molecule has 0 atom stereocenters. The van der Waals surface area contributed by atoms with Crippen LogP contribution >= 0.6 is 11.6 Å². The molecule has 0 N–H and O–H groups in total. The molecule has 1 aliphatic rings. The van der Waals surface area contributed by atoms with Gasteiger partial charge in [0.05, 0.1) is 28.8 Å². The summed E-state index contributed by atoms with van der Waals surface area (Å²) < 4.78 is 33.2. The molecule has 6 nitrogen and oxygen atoms in total. The molecule has 4 rings (SSSR count). The Hall–Kier alpha value is -2.66. The second-order valence-corrected chi connectivity index (χ2v) is 8.90. The van der Waals surface area contributed by atoms with Gasteiger partial charge >= 0.3 is 0 Å². The van der Waals surface area contributed by atoms with E-state index in [-0.39, 0.29) is 17.5 Å². The zero-order valence-electron chi connectivity index (χ0n) is 14.7. The van der Waals surface area contributed by atoms with Crippen molar-refractivity contribution in [1.82, 2.24) is 9.29 Å². The summed E-state index contributed by atoms with van der Waals surface area (Å²) in [5.74, 6) is 0.393. The van der Waals surface area contributed by atoms with Crippen molar-refractivity contribution in [3.8, 4) is 17.5 Å². The van der Waals surface area contributed by atoms with Gasteiger partial charge in [-0.1, -0.05) is 17.7 Å². The molecule has 28 heavy (non-hydrogen) atoms. The van der Waals surface area contributed by atoms with Crippen molar-refractivity contribution < 1.29 is 12.8 Å². The number of nitrogens with zero attached hydrogens (tertiary/aromatic N) is 3. The molecule has 8 heteroatoms. The Balaban J connectivity index is 1.60. The molecule has 3 aromatic rings. The lowest BCUT2D eigenvalue weighted by Gasteiger charge is -2.20. The van der Waals surface area contributed by atoms with E-state index in [1.54, 1.807) is 18.2 Å². The van der Waals surface area contributed by atoms with Crippen LogP contribution in [0.15, 0.2) is 64.1 Å². The van der Waals surface area contributed by atoms with Gasteiger partial charge < -0.3 is 4.42 Å². The van der Waals surface area contributed by atoms with Crippen LogP contribution in [-0.4, -0.2) is 23.7 Å². The molecule has 2 aromatic carbocycles. The van der Waals surface area contributed by atoms with E-state index in [4.69, 9.17) is 21.3 Å². The highest BCUT2D eigenvalue weighted by Gasteiger charge is 2.38. The largest absolute Gasteiger partial charge is 0.444 e. The SMILES string of the molecule is N#Cc1ccc(S(=O)(=O)N(Cc2coc(-c3cccc(Cl)c3)n2)C2CC2)cc1. The number of oxazole rings is 1. The predicted molar refractivity (Wildman–Crippen MR) is 104 cm³/mol. The highest BCUT2D eigenvalue weighted by molar-refractivity contribution is 7.89. The van der Waals surface area contributed by atoms with Crippen LogP contribution < -0.4 is 0 Å². The Kier molecular flexibility index (Phi) is 4.94. The van der Waals surface area contributed by atoms with Crippen molar-refractivity contribution in [3.63, 3.8) is 0 Å². The van der Waals surface area contributed by atoms with E-state index in [2.05, 4.69) is 4.98 Å². The summed E-state index contributed by atoms with van der Waals surface area (Å²) in [5, 5.41) is 9.48. The maximum atomic E-state index is 13.1. The van der Waals surface area contributed by atoms with Gasteiger partial charge in [0.25, 0.3) is 0 Å². The van der Waals surface area contributed by atoms with Crippen LogP contribution in [0.4, 0.5) is 0 Å². The summed E-state index contributed by atoms with van der Waals surface area (Å²) in [6, 6.07) is 15.0. The normalized spacial score (nSPS) is 14.2. The summed E-state index contributed by atoms with van der Waals surface area (Å²) in [4.78, 5) is 4.60. The number of sulfonamides is 1. The second kappa shape index (κ2) is 7.40. The molecule has 0 amide bonds. The fourth-order valence-corrected chi connectivity index (χ4v) is 4.75.